The van der Waals surface area contributed by atoms with E-state index in [-0.39, 0.29) is 6.04 Å². The van der Waals surface area contributed by atoms with E-state index < -0.39 is 0 Å². The Morgan fingerprint density at radius 2 is 1.76 bits per heavy atom. The van der Waals surface area contributed by atoms with Crippen molar-refractivity contribution in [1.29, 1.82) is 0 Å². The lowest BCUT2D eigenvalue weighted by Crippen LogP contribution is -2.19. The number of methoxy groups -OCH3 is 1. The number of ether oxygens (including phenoxy) is 1. The van der Waals surface area contributed by atoms with Gasteiger partial charge in [0.1, 0.15) is 5.75 Å². The second kappa shape index (κ2) is 6.69. The van der Waals surface area contributed by atoms with Crippen LogP contribution in [0, 0.1) is 13.8 Å². The molecule has 1 atom stereocenters. The molecular weight excluding hydrogens is 305 g/mol. The molecular formula is C17H19Cl2NO. The zero-order valence-electron chi connectivity index (χ0n) is 12.6. The topological polar surface area (TPSA) is 21.3 Å². The van der Waals surface area contributed by atoms with Gasteiger partial charge in [0.2, 0.25) is 0 Å². The summed E-state index contributed by atoms with van der Waals surface area (Å²) in [5.41, 5.74) is 4.38. The predicted octanol–water partition coefficient (Wildman–Crippen LogP) is 4.93. The minimum absolute atomic E-state index is 0.0131. The van der Waals surface area contributed by atoms with Crippen LogP contribution in [0.5, 0.6) is 5.75 Å². The molecule has 0 amide bonds. The van der Waals surface area contributed by atoms with Crippen LogP contribution in [0.4, 0.5) is 0 Å². The van der Waals surface area contributed by atoms with Crippen LogP contribution >= 0.6 is 23.2 Å². The molecule has 2 aromatic rings. The Balaban J connectivity index is 2.57. The molecule has 0 heterocycles. The normalized spacial score (nSPS) is 12.3. The first-order valence-corrected chi connectivity index (χ1v) is 7.51. The first-order valence-electron chi connectivity index (χ1n) is 6.76. The Morgan fingerprint density at radius 3 is 2.38 bits per heavy atom. The van der Waals surface area contributed by atoms with Gasteiger partial charge < -0.3 is 10.1 Å². The fraction of sp³-hybridized carbons (Fsp3) is 0.294. The average molecular weight is 324 g/mol. The number of rotatable bonds is 4. The largest absolute Gasteiger partial charge is 0.496 e. The molecule has 0 fully saturated rings. The summed E-state index contributed by atoms with van der Waals surface area (Å²) < 4.78 is 5.38. The van der Waals surface area contributed by atoms with Gasteiger partial charge in [-0.2, -0.15) is 0 Å². The highest BCUT2D eigenvalue weighted by Crippen LogP contribution is 2.35. The Bertz CT molecular complexity index is 655. The van der Waals surface area contributed by atoms with Gasteiger partial charge in [0.05, 0.1) is 23.2 Å². The van der Waals surface area contributed by atoms with Crippen LogP contribution in [-0.4, -0.2) is 14.2 Å². The summed E-state index contributed by atoms with van der Waals surface area (Å²) in [5, 5.41) is 4.48. The quantitative estimate of drug-likeness (QED) is 0.861. The summed E-state index contributed by atoms with van der Waals surface area (Å²) in [6.07, 6.45) is 0. The second-order valence-electron chi connectivity index (χ2n) is 5.04. The first-order chi connectivity index (χ1) is 9.99. The van der Waals surface area contributed by atoms with Gasteiger partial charge in [-0.25, -0.2) is 0 Å². The lowest BCUT2D eigenvalue weighted by molar-refractivity contribution is 0.411. The van der Waals surface area contributed by atoms with Crippen LogP contribution in [0.25, 0.3) is 0 Å². The molecule has 2 aromatic carbocycles. The number of halogens is 2. The van der Waals surface area contributed by atoms with E-state index in [1.807, 2.05) is 32.2 Å². The van der Waals surface area contributed by atoms with Crippen LogP contribution in [0.2, 0.25) is 10.0 Å². The molecule has 1 unspecified atom stereocenters. The van der Waals surface area contributed by atoms with Crippen molar-refractivity contribution in [1.82, 2.24) is 5.32 Å². The van der Waals surface area contributed by atoms with Crippen LogP contribution in [0.15, 0.2) is 30.3 Å². The molecule has 2 rings (SSSR count). The Hall–Kier alpha value is -1.22. The molecule has 0 spiro atoms. The molecule has 0 saturated heterocycles. The van der Waals surface area contributed by atoms with Crippen molar-refractivity contribution in [2.45, 2.75) is 19.9 Å². The maximum atomic E-state index is 6.37. The maximum absolute atomic E-state index is 6.37. The van der Waals surface area contributed by atoms with E-state index in [1.54, 1.807) is 13.2 Å². The van der Waals surface area contributed by atoms with Crippen molar-refractivity contribution < 1.29 is 4.74 Å². The molecule has 1 N–H and O–H groups in total. The minimum Gasteiger partial charge on any atom is -0.496 e. The van der Waals surface area contributed by atoms with Gasteiger partial charge in [0.15, 0.2) is 0 Å². The van der Waals surface area contributed by atoms with E-state index in [2.05, 4.69) is 18.3 Å². The van der Waals surface area contributed by atoms with Gasteiger partial charge in [0.25, 0.3) is 0 Å². The first kappa shape index (κ1) is 16.2. The Labute approximate surface area is 136 Å². The second-order valence-corrected chi connectivity index (χ2v) is 5.83. The van der Waals surface area contributed by atoms with Gasteiger partial charge >= 0.3 is 0 Å². The van der Waals surface area contributed by atoms with Crippen LogP contribution < -0.4 is 10.1 Å². The van der Waals surface area contributed by atoms with Gasteiger partial charge in [-0.05, 0) is 55.3 Å². The molecule has 0 aliphatic heterocycles. The van der Waals surface area contributed by atoms with Gasteiger partial charge in [-0.3, -0.25) is 0 Å². The number of hydrogen-bond acceptors (Lipinski definition) is 2. The molecule has 0 radical (unpaired) electrons. The molecule has 0 aromatic heterocycles. The number of benzene rings is 2. The van der Waals surface area contributed by atoms with Crippen LogP contribution in [-0.2, 0) is 0 Å². The summed E-state index contributed by atoms with van der Waals surface area (Å²) in [7, 11) is 3.60. The maximum Gasteiger partial charge on any atom is 0.122 e. The van der Waals surface area contributed by atoms with Crippen molar-refractivity contribution in [3.63, 3.8) is 0 Å². The standard InChI is InChI=1S/C17H19Cl2NO/c1-10-9-15(21-4)11(2)8-13(10)17(20-3)12-6-5-7-14(18)16(12)19/h5-9,17,20H,1-4H3. The van der Waals surface area contributed by atoms with E-state index in [0.29, 0.717) is 10.0 Å². The predicted molar refractivity (Wildman–Crippen MR) is 89.8 cm³/mol. The average Bonchev–Trinajstić information content (AvgIpc) is 2.47. The van der Waals surface area contributed by atoms with Crippen molar-refractivity contribution in [2.75, 3.05) is 14.2 Å². The van der Waals surface area contributed by atoms with E-state index in [4.69, 9.17) is 27.9 Å². The molecule has 0 aliphatic rings. The van der Waals surface area contributed by atoms with E-state index in [0.717, 1.165) is 22.4 Å². The highest BCUT2D eigenvalue weighted by atomic mass is 35.5. The minimum atomic E-state index is -0.0131. The number of nitrogens with one attached hydrogen (secondary N) is 1. The highest BCUT2D eigenvalue weighted by molar-refractivity contribution is 6.42. The fourth-order valence-electron chi connectivity index (χ4n) is 2.56. The molecule has 21 heavy (non-hydrogen) atoms. The monoisotopic (exact) mass is 323 g/mol. The van der Waals surface area contributed by atoms with Crippen LogP contribution in [0.3, 0.4) is 0 Å². The Morgan fingerprint density at radius 1 is 1.05 bits per heavy atom. The third-order valence-electron chi connectivity index (χ3n) is 3.68. The molecule has 112 valence electrons. The van der Waals surface area contributed by atoms with Gasteiger partial charge in [-0.1, -0.05) is 41.4 Å². The van der Waals surface area contributed by atoms with E-state index in [9.17, 15) is 0 Å². The van der Waals surface area contributed by atoms with Crippen molar-refractivity contribution in [3.05, 3.63) is 62.6 Å². The number of aryl methyl sites for hydroxylation is 2. The third-order valence-corrected chi connectivity index (χ3v) is 4.51. The van der Waals surface area contributed by atoms with E-state index in [1.165, 1.54) is 5.56 Å². The third kappa shape index (κ3) is 3.18. The van der Waals surface area contributed by atoms with Gasteiger partial charge in [-0.15, -0.1) is 0 Å². The summed E-state index contributed by atoms with van der Waals surface area (Å²) in [6.45, 7) is 4.11. The molecule has 0 saturated carbocycles. The van der Waals surface area contributed by atoms with Gasteiger partial charge in [0, 0.05) is 0 Å². The summed E-state index contributed by atoms with van der Waals surface area (Å²) >= 11 is 12.5. The van der Waals surface area contributed by atoms with Crippen LogP contribution in [0.1, 0.15) is 28.3 Å². The number of hydrogen-bond donors (Lipinski definition) is 1. The highest BCUT2D eigenvalue weighted by Gasteiger charge is 2.19. The lowest BCUT2D eigenvalue weighted by Gasteiger charge is -2.22. The molecule has 2 nitrogen and oxygen atoms in total. The zero-order valence-corrected chi connectivity index (χ0v) is 14.1. The molecule has 0 aliphatic carbocycles. The van der Waals surface area contributed by atoms with Crippen molar-refractivity contribution in [2.24, 2.45) is 0 Å². The lowest BCUT2D eigenvalue weighted by atomic mass is 9.93. The zero-order chi connectivity index (χ0) is 15.6. The fourth-order valence-corrected chi connectivity index (χ4v) is 2.98. The summed E-state index contributed by atoms with van der Waals surface area (Å²) in [4.78, 5) is 0. The smallest absolute Gasteiger partial charge is 0.122 e. The molecule has 4 heteroatoms. The van der Waals surface area contributed by atoms with Crippen molar-refractivity contribution >= 4 is 23.2 Å². The van der Waals surface area contributed by atoms with E-state index >= 15 is 0 Å². The summed E-state index contributed by atoms with van der Waals surface area (Å²) in [6, 6.07) is 9.88. The SMILES string of the molecule is CNC(c1cc(C)c(OC)cc1C)c1cccc(Cl)c1Cl. The molecule has 0 bridgehead atoms. The van der Waals surface area contributed by atoms with Crippen molar-refractivity contribution in [3.8, 4) is 5.75 Å². The Kier molecular flexibility index (Phi) is 5.15. The summed E-state index contributed by atoms with van der Waals surface area (Å²) in [5.74, 6) is 0.892.